The molecule has 0 unspecified atom stereocenters. The van der Waals surface area contributed by atoms with Gasteiger partial charge in [0.2, 0.25) is 0 Å². The molecule has 0 aromatic rings. The number of hydrogen-bond donors (Lipinski definition) is 9. The molecule has 0 spiro atoms. The van der Waals surface area contributed by atoms with Crippen molar-refractivity contribution in [1.29, 1.82) is 0 Å². The Morgan fingerprint density at radius 3 is 2.03 bits per heavy atom. The Morgan fingerprint density at radius 1 is 0.710 bits per heavy atom. The minimum atomic E-state index is -1.71. The van der Waals surface area contributed by atoms with Gasteiger partial charge in [0.15, 0.2) is 18.9 Å². The summed E-state index contributed by atoms with van der Waals surface area (Å²) in [6, 6.07) is 0. The fourth-order valence-corrected chi connectivity index (χ4v) is 14.7. The maximum absolute atomic E-state index is 13.1. The number of rotatable bonds is 8. The number of carbonyl (C=O) groups is 1. The summed E-state index contributed by atoms with van der Waals surface area (Å²) < 4.78 is 36.1. The van der Waals surface area contributed by atoms with Crippen molar-refractivity contribution in [3.8, 4) is 0 Å². The summed E-state index contributed by atoms with van der Waals surface area (Å²) in [5.41, 5.74) is -0.932. The fourth-order valence-electron chi connectivity index (χ4n) is 14.7. The van der Waals surface area contributed by atoms with Crippen molar-refractivity contribution in [3.63, 3.8) is 0 Å². The van der Waals surface area contributed by atoms with E-state index < -0.39 is 102 Å². The summed E-state index contributed by atoms with van der Waals surface area (Å²) in [4.78, 5) is 13.1. The lowest BCUT2D eigenvalue weighted by atomic mass is 9.33. The van der Waals surface area contributed by atoms with E-state index in [1.54, 1.807) is 0 Å². The molecule has 9 N–H and O–H groups in total. The average molecular weight is 883 g/mol. The van der Waals surface area contributed by atoms with E-state index in [0.29, 0.717) is 25.7 Å². The minimum Gasteiger partial charge on any atom is -0.481 e. The van der Waals surface area contributed by atoms with Gasteiger partial charge in [0.05, 0.1) is 37.4 Å². The highest BCUT2D eigenvalue weighted by Crippen LogP contribution is 2.76. The van der Waals surface area contributed by atoms with Crippen LogP contribution in [0.5, 0.6) is 0 Å². The zero-order chi connectivity index (χ0) is 45.1. The Morgan fingerprint density at radius 2 is 1.35 bits per heavy atom. The standard InChI is InChI=1S/C46H74O16/c1-22-30(50)35(61-37-33(53)31(51)25(48)19-57-37)34(54)38(59-22)62-36-32(52)26(49)20-58-39(36)60-29-11-12-43(6)27(42(29,4)5)10-13-44(7)28(43)9-8-23-24-18-41(2,3)14-15-45(24,40(55)56)16-17-46(23,44)21-47/h8,22,24-39,47-54H,9-21H2,1-7H3,(H,55,56)/t22-,24-,25-,26-,27-,28+,29-,30-,31-,32-,33+,34+,35+,36+,37-,38-,39-,43-,44+,45-,46-/m0/s1. The maximum atomic E-state index is 13.1. The molecular formula is C46H74O16. The molecule has 16 nitrogen and oxygen atoms in total. The van der Waals surface area contributed by atoms with Crippen LogP contribution in [-0.4, -0.2) is 158 Å². The Hall–Kier alpha value is -1.35. The molecule has 8 rings (SSSR count). The number of aliphatic hydroxyl groups is 8. The molecule has 8 aliphatic rings. The number of carboxylic acids is 1. The van der Waals surface area contributed by atoms with Gasteiger partial charge in [-0.2, -0.15) is 0 Å². The highest BCUT2D eigenvalue weighted by Gasteiger charge is 2.71. The molecule has 3 aliphatic heterocycles. The fraction of sp³-hybridized carbons (Fsp3) is 0.935. The molecule has 5 aliphatic carbocycles. The number of hydrogen-bond acceptors (Lipinski definition) is 15. The Kier molecular flexibility index (Phi) is 12.5. The van der Waals surface area contributed by atoms with Gasteiger partial charge in [-0.15, -0.1) is 0 Å². The lowest BCUT2D eigenvalue weighted by molar-refractivity contribution is -0.378. The largest absolute Gasteiger partial charge is 0.481 e. The van der Waals surface area contributed by atoms with Crippen molar-refractivity contribution in [1.82, 2.24) is 0 Å². The predicted octanol–water partition coefficient (Wildman–Crippen LogP) is 1.98. The summed E-state index contributed by atoms with van der Waals surface area (Å²) in [5.74, 6) is -0.397. The quantitative estimate of drug-likeness (QED) is 0.125. The zero-order valence-electron chi connectivity index (χ0n) is 37.5. The Bertz CT molecular complexity index is 1690. The van der Waals surface area contributed by atoms with E-state index in [4.69, 9.17) is 28.4 Å². The third-order valence-electron chi connectivity index (χ3n) is 18.5. The van der Waals surface area contributed by atoms with Crippen molar-refractivity contribution >= 4 is 5.97 Å². The molecular weight excluding hydrogens is 808 g/mol. The number of ether oxygens (including phenoxy) is 6. The Labute approximate surface area is 364 Å². The molecule has 21 atom stereocenters. The molecule has 3 saturated heterocycles. The Balaban J connectivity index is 1.01. The first-order valence-electron chi connectivity index (χ1n) is 23.1. The molecule has 16 heteroatoms. The molecule has 62 heavy (non-hydrogen) atoms. The van der Waals surface area contributed by atoms with E-state index in [1.165, 1.54) is 12.5 Å². The van der Waals surface area contributed by atoms with Crippen LogP contribution in [0.15, 0.2) is 11.6 Å². The van der Waals surface area contributed by atoms with Crippen LogP contribution >= 0.6 is 0 Å². The van der Waals surface area contributed by atoms with Gasteiger partial charge in [0.25, 0.3) is 0 Å². The van der Waals surface area contributed by atoms with Crippen LogP contribution in [0.25, 0.3) is 0 Å². The van der Waals surface area contributed by atoms with Crippen molar-refractivity contribution in [3.05, 3.63) is 11.6 Å². The van der Waals surface area contributed by atoms with E-state index in [-0.39, 0.29) is 59.9 Å². The third kappa shape index (κ3) is 7.19. The van der Waals surface area contributed by atoms with Gasteiger partial charge >= 0.3 is 5.97 Å². The molecule has 0 aromatic carbocycles. The van der Waals surface area contributed by atoms with E-state index in [9.17, 15) is 50.8 Å². The molecule has 354 valence electrons. The maximum Gasteiger partial charge on any atom is 0.310 e. The summed E-state index contributed by atoms with van der Waals surface area (Å²) in [6.07, 6.45) is -9.10. The van der Waals surface area contributed by atoms with Gasteiger partial charge in [0, 0.05) is 5.41 Å². The molecule has 4 saturated carbocycles. The zero-order valence-corrected chi connectivity index (χ0v) is 37.5. The van der Waals surface area contributed by atoms with E-state index in [1.807, 2.05) is 0 Å². The number of allylic oxidation sites excluding steroid dienone is 1. The van der Waals surface area contributed by atoms with Gasteiger partial charge in [-0.1, -0.05) is 53.2 Å². The average Bonchev–Trinajstić information content (AvgIpc) is 3.21. The summed E-state index contributed by atoms with van der Waals surface area (Å²) >= 11 is 0. The van der Waals surface area contributed by atoms with E-state index >= 15 is 0 Å². The number of carboxylic acid groups (broad SMARTS) is 1. The van der Waals surface area contributed by atoms with Crippen LogP contribution in [0.4, 0.5) is 0 Å². The van der Waals surface area contributed by atoms with E-state index in [2.05, 4.69) is 47.6 Å². The van der Waals surface area contributed by atoms with Gasteiger partial charge in [-0.25, -0.2) is 0 Å². The van der Waals surface area contributed by atoms with E-state index in [0.717, 1.165) is 38.5 Å². The van der Waals surface area contributed by atoms with Crippen molar-refractivity contribution < 1.29 is 79.2 Å². The second-order valence-corrected chi connectivity index (χ2v) is 22.5. The second kappa shape index (κ2) is 16.5. The number of aliphatic hydroxyl groups excluding tert-OH is 8. The van der Waals surface area contributed by atoms with Crippen LogP contribution in [0, 0.1) is 50.2 Å². The number of fused-ring (bicyclic) bond motifs is 7. The molecule has 0 bridgehead atoms. The van der Waals surface area contributed by atoms with Crippen LogP contribution in [-0.2, 0) is 33.2 Å². The van der Waals surface area contributed by atoms with Crippen molar-refractivity contribution in [2.24, 2.45) is 50.2 Å². The van der Waals surface area contributed by atoms with Crippen LogP contribution < -0.4 is 0 Å². The SMILES string of the molecule is C[C@@H]1O[C@@H](O[C@H]2[C@H](O[C@H]3CC[C@]4(C)[C@H]5CC=C6[C@@H]7CC(C)(C)CC[C@]7(C(=O)O)CC[C@@]6(CO)[C@]5(C)CC[C@H]4C3(C)C)OC[C@H](O)[C@@H]2O)[C@H](O)[C@H](O[C@@H]2OC[C@H](O)[C@H](O)[C@H]2O)[C@H]1O. The molecule has 0 amide bonds. The first-order valence-corrected chi connectivity index (χ1v) is 23.1. The third-order valence-corrected chi connectivity index (χ3v) is 18.5. The van der Waals surface area contributed by atoms with Crippen LogP contribution in [0.3, 0.4) is 0 Å². The van der Waals surface area contributed by atoms with Gasteiger partial charge in [-0.05, 0) is 111 Å². The summed E-state index contributed by atoms with van der Waals surface area (Å²) in [5, 5.41) is 97.6. The molecule has 0 radical (unpaired) electrons. The summed E-state index contributed by atoms with van der Waals surface area (Å²) in [6.45, 7) is 14.6. The highest BCUT2D eigenvalue weighted by atomic mass is 16.8. The van der Waals surface area contributed by atoms with Crippen LogP contribution in [0.1, 0.15) is 113 Å². The van der Waals surface area contributed by atoms with Crippen LogP contribution in [0.2, 0.25) is 0 Å². The molecule has 7 fully saturated rings. The minimum absolute atomic E-state index is 0.00346. The lowest BCUT2D eigenvalue weighted by Gasteiger charge is -2.71. The first kappa shape index (κ1) is 47.2. The van der Waals surface area contributed by atoms with Gasteiger partial charge < -0.3 is 74.4 Å². The number of aliphatic carboxylic acids is 1. The lowest BCUT2D eigenvalue weighted by Crippen LogP contribution is -2.67. The van der Waals surface area contributed by atoms with Crippen molar-refractivity contribution in [2.45, 2.75) is 199 Å². The predicted molar refractivity (Wildman–Crippen MR) is 219 cm³/mol. The topological polar surface area (TPSA) is 255 Å². The van der Waals surface area contributed by atoms with Gasteiger partial charge in [-0.3, -0.25) is 4.79 Å². The smallest absolute Gasteiger partial charge is 0.310 e. The molecule has 0 aromatic heterocycles. The van der Waals surface area contributed by atoms with Crippen molar-refractivity contribution in [2.75, 3.05) is 19.8 Å². The highest BCUT2D eigenvalue weighted by molar-refractivity contribution is 5.76. The second-order valence-electron chi connectivity index (χ2n) is 22.5. The van der Waals surface area contributed by atoms with Gasteiger partial charge in [0.1, 0.15) is 54.9 Å². The summed E-state index contributed by atoms with van der Waals surface area (Å²) in [7, 11) is 0. The normalized spacial score (nSPS) is 53.6. The monoisotopic (exact) mass is 882 g/mol. The first-order chi connectivity index (χ1) is 29.0. The molecule has 3 heterocycles.